The van der Waals surface area contributed by atoms with E-state index in [1.807, 2.05) is 31.2 Å². The third-order valence-electron chi connectivity index (χ3n) is 3.77. The Morgan fingerprint density at radius 1 is 1.50 bits per heavy atom. The first-order valence-electron chi connectivity index (χ1n) is 5.61. The number of hydrogen-bond donors (Lipinski definition) is 2. The first-order valence-corrected chi connectivity index (χ1v) is 5.61. The number of aryl methyl sites for hydroxylation is 1. The molecule has 2 atom stereocenters. The van der Waals surface area contributed by atoms with Crippen LogP contribution >= 0.6 is 0 Å². The van der Waals surface area contributed by atoms with Gasteiger partial charge in [-0.25, -0.2) is 0 Å². The van der Waals surface area contributed by atoms with Crippen LogP contribution in [-0.4, -0.2) is 16.2 Å². The lowest BCUT2D eigenvalue weighted by molar-refractivity contribution is -0.159. The Hall–Kier alpha value is -1.35. The third kappa shape index (κ3) is 1.43. The van der Waals surface area contributed by atoms with Gasteiger partial charge < -0.3 is 10.2 Å². The summed E-state index contributed by atoms with van der Waals surface area (Å²) in [5, 5.41) is 19.6. The fourth-order valence-corrected chi connectivity index (χ4v) is 2.57. The zero-order valence-corrected chi connectivity index (χ0v) is 9.31. The van der Waals surface area contributed by atoms with Crippen LogP contribution in [0.5, 0.6) is 0 Å². The molecule has 1 aliphatic carbocycles. The van der Waals surface area contributed by atoms with Crippen molar-refractivity contribution >= 4 is 5.97 Å². The maximum atomic E-state index is 11.4. The quantitative estimate of drug-likeness (QED) is 0.802. The molecule has 0 saturated heterocycles. The summed E-state index contributed by atoms with van der Waals surface area (Å²) < 4.78 is 0. The molecule has 2 N–H and O–H groups in total. The highest BCUT2D eigenvalue weighted by atomic mass is 16.4. The molecular weight excluding hydrogens is 204 g/mol. The van der Waals surface area contributed by atoms with Crippen LogP contribution in [0.25, 0.3) is 0 Å². The Morgan fingerprint density at radius 3 is 2.81 bits per heavy atom. The summed E-state index contributed by atoms with van der Waals surface area (Å²) in [5.74, 6) is -0.892. The molecule has 0 spiro atoms. The van der Waals surface area contributed by atoms with Gasteiger partial charge in [-0.15, -0.1) is 0 Å². The first-order chi connectivity index (χ1) is 7.62. The number of hydrogen-bond acceptors (Lipinski definition) is 2. The van der Waals surface area contributed by atoms with E-state index in [1.54, 1.807) is 0 Å². The van der Waals surface area contributed by atoms with Crippen molar-refractivity contribution in [2.75, 3.05) is 0 Å². The van der Waals surface area contributed by atoms with E-state index < -0.39 is 17.5 Å². The van der Waals surface area contributed by atoms with E-state index in [0.717, 1.165) is 17.5 Å². The SMILES string of the molecule is CCC1(C(=O)O)CCc2ccccc2C1O. The molecule has 1 aromatic carbocycles. The number of carboxylic acids is 1. The average molecular weight is 220 g/mol. The topological polar surface area (TPSA) is 57.5 Å². The van der Waals surface area contributed by atoms with Gasteiger partial charge in [-0.2, -0.15) is 0 Å². The van der Waals surface area contributed by atoms with Crippen molar-refractivity contribution < 1.29 is 15.0 Å². The van der Waals surface area contributed by atoms with Crippen LogP contribution in [0.2, 0.25) is 0 Å². The molecule has 0 aliphatic heterocycles. The van der Waals surface area contributed by atoms with Gasteiger partial charge in [0.2, 0.25) is 0 Å². The van der Waals surface area contributed by atoms with Gasteiger partial charge in [0.25, 0.3) is 0 Å². The molecule has 0 radical (unpaired) electrons. The van der Waals surface area contributed by atoms with E-state index in [0.29, 0.717) is 12.8 Å². The van der Waals surface area contributed by atoms with Gasteiger partial charge in [-0.3, -0.25) is 4.79 Å². The van der Waals surface area contributed by atoms with Gasteiger partial charge in [0.05, 0.1) is 11.5 Å². The van der Waals surface area contributed by atoms with Gasteiger partial charge >= 0.3 is 5.97 Å². The second kappa shape index (κ2) is 3.91. The highest BCUT2D eigenvalue weighted by molar-refractivity contribution is 5.76. The molecule has 1 aliphatic rings. The fourth-order valence-electron chi connectivity index (χ4n) is 2.57. The molecule has 0 fully saturated rings. The highest BCUT2D eigenvalue weighted by Gasteiger charge is 2.47. The Balaban J connectivity index is 2.47. The lowest BCUT2D eigenvalue weighted by Gasteiger charge is -2.38. The molecule has 16 heavy (non-hydrogen) atoms. The number of benzene rings is 1. The second-order valence-electron chi connectivity index (χ2n) is 4.42. The summed E-state index contributed by atoms with van der Waals surface area (Å²) in [4.78, 5) is 11.4. The molecule has 0 heterocycles. The van der Waals surface area contributed by atoms with Crippen molar-refractivity contribution in [3.05, 3.63) is 35.4 Å². The van der Waals surface area contributed by atoms with Crippen molar-refractivity contribution in [2.24, 2.45) is 5.41 Å². The van der Waals surface area contributed by atoms with Gasteiger partial charge in [-0.1, -0.05) is 31.2 Å². The zero-order chi connectivity index (χ0) is 11.8. The summed E-state index contributed by atoms with van der Waals surface area (Å²) in [5.41, 5.74) is 0.840. The zero-order valence-electron chi connectivity index (χ0n) is 9.31. The predicted molar refractivity (Wildman–Crippen MR) is 60.1 cm³/mol. The van der Waals surface area contributed by atoms with Gasteiger partial charge in [0.15, 0.2) is 0 Å². The standard InChI is InChI=1S/C13H16O3/c1-2-13(12(15)16)8-7-9-5-3-4-6-10(9)11(13)14/h3-6,11,14H,2,7-8H2,1H3,(H,15,16). The molecule has 0 bridgehead atoms. The lowest BCUT2D eigenvalue weighted by atomic mass is 9.68. The molecule has 0 amide bonds. The van der Waals surface area contributed by atoms with Gasteiger partial charge in [0.1, 0.15) is 0 Å². The van der Waals surface area contributed by atoms with E-state index in [4.69, 9.17) is 0 Å². The average Bonchev–Trinajstić information content (AvgIpc) is 2.30. The number of aliphatic carboxylic acids is 1. The fraction of sp³-hybridized carbons (Fsp3) is 0.462. The van der Waals surface area contributed by atoms with E-state index >= 15 is 0 Å². The number of aliphatic hydroxyl groups is 1. The molecule has 2 unspecified atom stereocenters. The number of aliphatic hydroxyl groups excluding tert-OH is 1. The highest BCUT2D eigenvalue weighted by Crippen LogP contribution is 2.46. The van der Waals surface area contributed by atoms with Crippen molar-refractivity contribution in [1.82, 2.24) is 0 Å². The molecular formula is C13H16O3. The van der Waals surface area contributed by atoms with E-state index in [9.17, 15) is 15.0 Å². The minimum Gasteiger partial charge on any atom is -0.481 e. The Labute approximate surface area is 94.7 Å². The van der Waals surface area contributed by atoms with Crippen LogP contribution in [0.3, 0.4) is 0 Å². The minimum absolute atomic E-state index is 0.456. The van der Waals surface area contributed by atoms with Crippen molar-refractivity contribution in [3.63, 3.8) is 0 Å². The van der Waals surface area contributed by atoms with Crippen molar-refractivity contribution in [3.8, 4) is 0 Å². The summed E-state index contributed by atoms with van der Waals surface area (Å²) >= 11 is 0. The Kier molecular flexibility index (Phi) is 2.72. The third-order valence-corrected chi connectivity index (χ3v) is 3.77. The minimum atomic E-state index is -1.01. The first kappa shape index (κ1) is 11.1. The van der Waals surface area contributed by atoms with Crippen molar-refractivity contribution in [2.45, 2.75) is 32.3 Å². The largest absolute Gasteiger partial charge is 0.481 e. The van der Waals surface area contributed by atoms with Gasteiger partial charge in [-0.05, 0) is 30.4 Å². The lowest BCUT2D eigenvalue weighted by Crippen LogP contribution is -2.40. The molecule has 1 aromatic rings. The number of rotatable bonds is 2. The van der Waals surface area contributed by atoms with Gasteiger partial charge in [0, 0.05) is 0 Å². The predicted octanol–water partition coefficient (Wildman–Crippen LogP) is 2.15. The number of carbonyl (C=O) groups is 1. The van der Waals surface area contributed by atoms with Crippen molar-refractivity contribution in [1.29, 1.82) is 0 Å². The Bertz CT molecular complexity index is 413. The molecule has 3 nitrogen and oxygen atoms in total. The maximum Gasteiger partial charge on any atom is 0.312 e. The van der Waals surface area contributed by atoms with E-state index in [2.05, 4.69) is 0 Å². The molecule has 2 rings (SSSR count). The van der Waals surface area contributed by atoms with E-state index in [-0.39, 0.29) is 0 Å². The Morgan fingerprint density at radius 2 is 2.19 bits per heavy atom. The van der Waals surface area contributed by atoms with E-state index in [1.165, 1.54) is 0 Å². The summed E-state index contributed by atoms with van der Waals surface area (Å²) in [6.45, 7) is 1.82. The summed E-state index contributed by atoms with van der Waals surface area (Å²) in [6.07, 6.45) is 0.808. The summed E-state index contributed by atoms with van der Waals surface area (Å²) in [6, 6.07) is 7.55. The molecule has 3 heteroatoms. The number of carboxylic acid groups (broad SMARTS) is 1. The van der Waals surface area contributed by atoms with Crippen LogP contribution in [0, 0.1) is 5.41 Å². The van der Waals surface area contributed by atoms with Crippen LogP contribution in [-0.2, 0) is 11.2 Å². The molecule has 0 aromatic heterocycles. The summed E-state index contributed by atoms with van der Waals surface area (Å²) in [7, 11) is 0. The van der Waals surface area contributed by atoms with Crippen LogP contribution < -0.4 is 0 Å². The molecule has 86 valence electrons. The smallest absolute Gasteiger partial charge is 0.312 e. The maximum absolute atomic E-state index is 11.4. The normalized spacial score (nSPS) is 28.5. The van der Waals surface area contributed by atoms with Crippen LogP contribution in [0.15, 0.2) is 24.3 Å². The second-order valence-corrected chi connectivity index (χ2v) is 4.42. The number of fused-ring (bicyclic) bond motifs is 1. The molecule has 0 saturated carbocycles. The van der Waals surface area contributed by atoms with Crippen LogP contribution in [0.4, 0.5) is 0 Å². The monoisotopic (exact) mass is 220 g/mol. The van der Waals surface area contributed by atoms with Crippen LogP contribution in [0.1, 0.15) is 37.0 Å².